The molecule has 0 unspecified atom stereocenters. The molecule has 2 amide bonds. The fraction of sp³-hybridized carbons (Fsp3) is 0.550. The molecular weight excluding hydrogens is 465 g/mol. The van der Waals surface area contributed by atoms with E-state index in [0.717, 1.165) is 23.2 Å². The largest absolute Gasteiger partial charge is 0.446 e. The van der Waals surface area contributed by atoms with Crippen molar-refractivity contribution >= 4 is 51.1 Å². The molecule has 3 rings (SSSR count). The maximum absolute atomic E-state index is 13.7. The molecule has 176 valence electrons. The SMILES string of the molecule is CNC(=O)c1csc2c(C(F)(F)F)cc(N3CCC(OC(=O)N[C@@H](C)CSC)CC3)nc12. The molecule has 2 N–H and O–H groups in total. The molecule has 2 aromatic rings. The number of rotatable bonds is 6. The maximum atomic E-state index is 13.7. The zero-order valence-electron chi connectivity index (χ0n) is 17.9. The second-order valence-electron chi connectivity index (χ2n) is 7.52. The first kappa shape index (κ1) is 24.4. The number of aromatic nitrogens is 1. The third-order valence-electron chi connectivity index (χ3n) is 5.11. The molecule has 0 radical (unpaired) electrons. The lowest BCUT2D eigenvalue weighted by molar-refractivity contribution is -0.136. The molecule has 1 atom stereocenters. The zero-order chi connectivity index (χ0) is 23.5. The van der Waals surface area contributed by atoms with Crippen LogP contribution in [0.15, 0.2) is 11.4 Å². The number of carbonyl (C=O) groups excluding carboxylic acids is 2. The van der Waals surface area contributed by atoms with E-state index in [1.807, 2.05) is 13.2 Å². The van der Waals surface area contributed by atoms with E-state index in [1.165, 1.54) is 12.4 Å². The summed E-state index contributed by atoms with van der Waals surface area (Å²) in [6.45, 7) is 2.65. The van der Waals surface area contributed by atoms with E-state index in [2.05, 4.69) is 15.6 Å². The van der Waals surface area contributed by atoms with Gasteiger partial charge in [-0.15, -0.1) is 11.3 Å². The van der Waals surface area contributed by atoms with Crippen molar-refractivity contribution in [2.75, 3.05) is 37.0 Å². The van der Waals surface area contributed by atoms with Crippen molar-refractivity contribution in [3.8, 4) is 0 Å². The Balaban J connectivity index is 1.76. The van der Waals surface area contributed by atoms with Crippen molar-refractivity contribution in [2.45, 2.75) is 38.1 Å². The Morgan fingerprint density at radius 1 is 1.38 bits per heavy atom. The number of thiophene rings is 1. The average Bonchev–Trinajstić information content (AvgIpc) is 3.16. The van der Waals surface area contributed by atoms with Gasteiger partial charge in [0.15, 0.2) is 0 Å². The van der Waals surface area contributed by atoms with Crippen molar-refractivity contribution in [3.05, 3.63) is 22.6 Å². The normalized spacial score (nSPS) is 16.1. The number of anilines is 1. The fourth-order valence-electron chi connectivity index (χ4n) is 3.54. The van der Waals surface area contributed by atoms with E-state index in [0.29, 0.717) is 25.9 Å². The molecule has 3 heterocycles. The van der Waals surface area contributed by atoms with Crippen LogP contribution in [0.1, 0.15) is 35.7 Å². The van der Waals surface area contributed by atoms with Crippen LogP contribution in [0.25, 0.3) is 10.2 Å². The number of nitrogens with zero attached hydrogens (tertiary/aromatic N) is 2. The molecule has 1 saturated heterocycles. The third kappa shape index (κ3) is 5.58. The van der Waals surface area contributed by atoms with Gasteiger partial charge in [-0.05, 0) is 19.2 Å². The molecule has 12 heteroatoms. The van der Waals surface area contributed by atoms with Gasteiger partial charge >= 0.3 is 12.3 Å². The number of hydrogen-bond acceptors (Lipinski definition) is 7. The molecule has 0 aromatic carbocycles. The second-order valence-corrected chi connectivity index (χ2v) is 9.31. The summed E-state index contributed by atoms with van der Waals surface area (Å²) in [5.41, 5.74) is -0.646. The molecule has 7 nitrogen and oxygen atoms in total. The molecule has 1 aliphatic heterocycles. The lowest BCUT2D eigenvalue weighted by atomic mass is 10.1. The van der Waals surface area contributed by atoms with Crippen LogP contribution in [0.4, 0.5) is 23.8 Å². The van der Waals surface area contributed by atoms with Crippen molar-refractivity contribution in [1.82, 2.24) is 15.6 Å². The smallest absolute Gasteiger partial charge is 0.417 e. The van der Waals surface area contributed by atoms with Crippen LogP contribution in [0.5, 0.6) is 0 Å². The molecule has 0 aliphatic carbocycles. The highest BCUT2D eigenvalue weighted by Crippen LogP contribution is 2.40. The molecule has 0 saturated carbocycles. The minimum Gasteiger partial charge on any atom is -0.446 e. The summed E-state index contributed by atoms with van der Waals surface area (Å²) in [5.74, 6) is 0.442. The van der Waals surface area contributed by atoms with Gasteiger partial charge in [-0.2, -0.15) is 24.9 Å². The number of amides is 2. The van der Waals surface area contributed by atoms with Crippen LogP contribution < -0.4 is 15.5 Å². The minimum absolute atomic E-state index is 0.0190. The van der Waals surface area contributed by atoms with E-state index in [4.69, 9.17) is 4.74 Å². The first-order chi connectivity index (χ1) is 15.1. The van der Waals surface area contributed by atoms with Gasteiger partial charge in [0.1, 0.15) is 11.9 Å². The van der Waals surface area contributed by atoms with Gasteiger partial charge in [0.25, 0.3) is 5.91 Å². The van der Waals surface area contributed by atoms with E-state index in [1.54, 1.807) is 16.7 Å². The number of pyridine rings is 1. The molecule has 0 bridgehead atoms. The fourth-order valence-corrected chi connectivity index (χ4v) is 5.15. The van der Waals surface area contributed by atoms with Crippen LogP contribution in [0, 0.1) is 0 Å². The van der Waals surface area contributed by atoms with Gasteiger partial charge in [0.2, 0.25) is 0 Å². The van der Waals surface area contributed by atoms with Crippen LogP contribution in [-0.4, -0.2) is 61.3 Å². The van der Waals surface area contributed by atoms with Gasteiger partial charge < -0.3 is 20.3 Å². The predicted molar refractivity (Wildman–Crippen MR) is 121 cm³/mol. The predicted octanol–water partition coefficient (Wildman–Crippen LogP) is 4.12. The lowest BCUT2D eigenvalue weighted by Gasteiger charge is -2.33. The van der Waals surface area contributed by atoms with Gasteiger partial charge in [-0.25, -0.2) is 9.78 Å². The van der Waals surface area contributed by atoms with Crippen molar-refractivity contribution in [2.24, 2.45) is 0 Å². The standard InChI is InChI=1S/C20H25F3N4O3S2/c1-11(9-31-3)25-19(29)30-12-4-6-27(7-5-12)15-8-14(20(21,22)23)17-16(26-15)13(10-32-17)18(28)24-2/h8,10-12H,4-7,9H2,1-3H3,(H,24,28)(H,25,29)/t11-/m0/s1. The summed E-state index contributed by atoms with van der Waals surface area (Å²) in [6, 6.07) is 1.01. The number of fused-ring (bicyclic) bond motifs is 1. The number of hydrogen-bond donors (Lipinski definition) is 2. The number of alkyl carbamates (subject to hydrolysis) is 1. The Morgan fingerprint density at radius 3 is 2.66 bits per heavy atom. The quantitative estimate of drug-likeness (QED) is 0.634. The molecular formula is C20H25F3N4O3S2. The summed E-state index contributed by atoms with van der Waals surface area (Å²) in [5, 5.41) is 6.60. The first-order valence-electron chi connectivity index (χ1n) is 10.1. The highest BCUT2D eigenvalue weighted by atomic mass is 32.2. The van der Waals surface area contributed by atoms with Crippen molar-refractivity contribution < 1.29 is 27.5 Å². The Bertz CT molecular complexity index is 975. The lowest BCUT2D eigenvalue weighted by Crippen LogP contribution is -2.42. The Hall–Kier alpha value is -2.21. The minimum atomic E-state index is -4.58. The number of piperidine rings is 1. The van der Waals surface area contributed by atoms with Crippen molar-refractivity contribution in [1.29, 1.82) is 0 Å². The van der Waals surface area contributed by atoms with Gasteiger partial charge in [0.05, 0.1) is 21.3 Å². The third-order valence-corrected chi connectivity index (χ3v) is 6.94. The maximum Gasteiger partial charge on any atom is 0.417 e. The summed E-state index contributed by atoms with van der Waals surface area (Å²) in [6.07, 6.45) is -2.50. The number of alkyl halides is 3. The van der Waals surface area contributed by atoms with E-state index in [9.17, 15) is 22.8 Å². The Labute approximate surface area is 192 Å². The summed E-state index contributed by atoms with van der Waals surface area (Å²) in [7, 11) is 1.42. The van der Waals surface area contributed by atoms with Crippen LogP contribution in [0.3, 0.4) is 0 Å². The number of thioether (sulfide) groups is 1. The highest BCUT2D eigenvalue weighted by molar-refractivity contribution is 7.98. The van der Waals surface area contributed by atoms with E-state index in [-0.39, 0.29) is 33.7 Å². The summed E-state index contributed by atoms with van der Waals surface area (Å²) >= 11 is 2.47. The molecule has 2 aromatic heterocycles. The van der Waals surface area contributed by atoms with Crippen LogP contribution in [-0.2, 0) is 10.9 Å². The highest BCUT2D eigenvalue weighted by Gasteiger charge is 2.36. The second kappa shape index (κ2) is 10.2. The van der Waals surface area contributed by atoms with Crippen LogP contribution >= 0.6 is 23.1 Å². The van der Waals surface area contributed by atoms with Gasteiger partial charge in [-0.1, -0.05) is 0 Å². The average molecular weight is 491 g/mol. The zero-order valence-corrected chi connectivity index (χ0v) is 19.5. The monoisotopic (exact) mass is 490 g/mol. The molecule has 1 fully saturated rings. The first-order valence-corrected chi connectivity index (χ1v) is 12.3. The van der Waals surface area contributed by atoms with Crippen LogP contribution in [0.2, 0.25) is 0 Å². The number of ether oxygens (including phenoxy) is 1. The Kier molecular flexibility index (Phi) is 7.75. The van der Waals surface area contributed by atoms with Crippen molar-refractivity contribution in [3.63, 3.8) is 0 Å². The summed E-state index contributed by atoms with van der Waals surface area (Å²) < 4.78 is 46.5. The molecule has 0 spiro atoms. The molecule has 1 aliphatic rings. The summed E-state index contributed by atoms with van der Waals surface area (Å²) in [4.78, 5) is 30.3. The Morgan fingerprint density at radius 2 is 2.06 bits per heavy atom. The number of halogens is 3. The van der Waals surface area contributed by atoms with E-state index >= 15 is 0 Å². The van der Waals surface area contributed by atoms with Gasteiger partial charge in [0, 0.05) is 50.2 Å². The topological polar surface area (TPSA) is 83.6 Å². The molecule has 32 heavy (non-hydrogen) atoms. The van der Waals surface area contributed by atoms with E-state index < -0.39 is 23.7 Å². The number of nitrogens with one attached hydrogen (secondary N) is 2. The number of carbonyl (C=O) groups is 2. The van der Waals surface area contributed by atoms with Gasteiger partial charge in [-0.3, -0.25) is 4.79 Å².